The monoisotopic (exact) mass is 553 g/mol. The van der Waals surface area contributed by atoms with Crippen LogP contribution in [0.3, 0.4) is 0 Å². The van der Waals surface area contributed by atoms with E-state index in [1.54, 1.807) is 39.8 Å². The number of aromatic nitrogens is 5. The molecule has 0 N–H and O–H groups in total. The number of anilines is 1. The van der Waals surface area contributed by atoms with Gasteiger partial charge < -0.3 is 9.80 Å². The van der Waals surface area contributed by atoms with E-state index in [4.69, 9.17) is 0 Å². The number of alkyl halides is 3. The van der Waals surface area contributed by atoms with Crippen LogP contribution < -0.4 is 4.90 Å². The zero-order chi connectivity index (χ0) is 29.2. The van der Waals surface area contributed by atoms with E-state index in [9.17, 15) is 18.0 Å². The standard InChI is InChI=1S/C29H34F3N7O/c1-19-8-9-21(12-27(19)39-18-26(34-35-39)25-17-33-38(6)20(25)2)13-28(40)22-14-23(29(30,31)32)16-24(15-22)37(5)11-7-10-36(3)4/h8-9,12,14-18H,7,10-11,13H2,1-6H3. The number of rotatable bonds is 10. The molecule has 0 unspecified atom stereocenters. The third-order valence-corrected chi connectivity index (χ3v) is 7.00. The summed E-state index contributed by atoms with van der Waals surface area (Å²) in [4.78, 5) is 17.1. The number of aryl methyl sites for hydroxylation is 2. The highest BCUT2D eigenvalue weighted by Crippen LogP contribution is 2.33. The molecule has 2 heterocycles. The molecule has 0 aliphatic carbocycles. The summed E-state index contributed by atoms with van der Waals surface area (Å²) in [5, 5.41) is 12.8. The highest BCUT2D eigenvalue weighted by atomic mass is 19.4. The van der Waals surface area contributed by atoms with Crippen LogP contribution in [0.5, 0.6) is 0 Å². The van der Waals surface area contributed by atoms with Crippen molar-refractivity contribution in [1.82, 2.24) is 29.7 Å². The number of carbonyl (C=O) groups is 1. The van der Waals surface area contributed by atoms with Gasteiger partial charge in [-0.3, -0.25) is 9.48 Å². The summed E-state index contributed by atoms with van der Waals surface area (Å²) in [6.07, 6.45) is -0.317. The van der Waals surface area contributed by atoms with Crippen LogP contribution in [0.25, 0.3) is 16.9 Å². The quantitative estimate of drug-likeness (QED) is 0.254. The number of benzene rings is 2. The van der Waals surface area contributed by atoms with Crippen LogP contribution in [-0.4, -0.2) is 69.7 Å². The van der Waals surface area contributed by atoms with Gasteiger partial charge in [-0.2, -0.15) is 18.3 Å². The Morgan fingerprint density at radius 1 is 1.02 bits per heavy atom. The molecular formula is C29H34F3N7O. The Morgan fingerprint density at radius 2 is 1.77 bits per heavy atom. The Kier molecular flexibility index (Phi) is 8.43. The third-order valence-electron chi connectivity index (χ3n) is 7.00. The lowest BCUT2D eigenvalue weighted by Gasteiger charge is -2.22. The molecule has 0 spiro atoms. The van der Waals surface area contributed by atoms with E-state index in [0.29, 0.717) is 23.5 Å². The van der Waals surface area contributed by atoms with Crippen molar-refractivity contribution in [2.24, 2.45) is 7.05 Å². The largest absolute Gasteiger partial charge is 0.416 e. The van der Waals surface area contributed by atoms with Gasteiger partial charge in [-0.15, -0.1) is 5.10 Å². The van der Waals surface area contributed by atoms with E-state index in [1.807, 2.05) is 58.1 Å². The number of hydrogen-bond donors (Lipinski definition) is 0. The van der Waals surface area contributed by atoms with Crippen LogP contribution in [0.15, 0.2) is 48.8 Å². The Labute approximate surface area is 232 Å². The Morgan fingerprint density at radius 3 is 2.42 bits per heavy atom. The van der Waals surface area contributed by atoms with Crippen LogP contribution in [0, 0.1) is 13.8 Å². The average molecular weight is 554 g/mol. The fourth-order valence-electron chi connectivity index (χ4n) is 4.46. The maximum absolute atomic E-state index is 13.7. The molecule has 4 aromatic rings. The van der Waals surface area contributed by atoms with Crippen molar-refractivity contribution in [1.29, 1.82) is 0 Å². The summed E-state index contributed by atoms with van der Waals surface area (Å²) >= 11 is 0. The fraction of sp³-hybridized carbons (Fsp3) is 0.379. The molecule has 2 aromatic carbocycles. The number of hydrogen-bond acceptors (Lipinski definition) is 6. The van der Waals surface area contributed by atoms with Gasteiger partial charge in [-0.05, 0) is 76.3 Å². The smallest absolute Gasteiger partial charge is 0.375 e. The topological polar surface area (TPSA) is 72.1 Å². The second kappa shape index (κ2) is 11.6. The van der Waals surface area contributed by atoms with Crippen molar-refractivity contribution in [2.75, 3.05) is 39.1 Å². The number of ketones is 1. The van der Waals surface area contributed by atoms with Crippen LogP contribution in [0.1, 0.15) is 39.2 Å². The van der Waals surface area contributed by atoms with Crippen molar-refractivity contribution >= 4 is 11.5 Å². The molecule has 0 saturated heterocycles. The molecule has 0 atom stereocenters. The van der Waals surface area contributed by atoms with Gasteiger partial charge >= 0.3 is 6.18 Å². The number of Topliss-reactive ketones (excluding diaryl/α,β-unsaturated/α-hetero) is 1. The summed E-state index contributed by atoms with van der Waals surface area (Å²) < 4.78 is 44.6. The number of carbonyl (C=O) groups excluding carboxylic acids is 1. The maximum atomic E-state index is 13.7. The molecule has 0 aliphatic rings. The summed E-state index contributed by atoms with van der Waals surface area (Å²) in [5.74, 6) is -0.394. The summed E-state index contributed by atoms with van der Waals surface area (Å²) in [6.45, 7) is 5.23. The van der Waals surface area contributed by atoms with E-state index >= 15 is 0 Å². The van der Waals surface area contributed by atoms with E-state index in [1.165, 1.54) is 0 Å². The first-order chi connectivity index (χ1) is 18.8. The van der Waals surface area contributed by atoms with Crippen LogP contribution in [0.2, 0.25) is 0 Å². The molecule has 8 nitrogen and oxygen atoms in total. The lowest BCUT2D eigenvalue weighted by Crippen LogP contribution is -2.24. The molecule has 0 aliphatic heterocycles. The zero-order valence-electron chi connectivity index (χ0n) is 23.6. The number of nitrogens with zero attached hydrogens (tertiary/aromatic N) is 7. The minimum absolute atomic E-state index is 0.0292. The van der Waals surface area contributed by atoms with Gasteiger partial charge in [-0.25, -0.2) is 4.68 Å². The molecule has 0 radical (unpaired) electrons. The molecule has 0 fully saturated rings. The second-order valence-corrected chi connectivity index (χ2v) is 10.4. The zero-order valence-corrected chi connectivity index (χ0v) is 23.6. The van der Waals surface area contributed by atoms with E-state index in [-0.39, 0.29) is 12.0 Å². The van der Waals surface area contributed by atoms with Gasteiger partial charge in [0, 0.05) is 49.6 Å². The van der Waals surface area contributed by atoms with Crippen molar-refractivity contribution < 1.29 is 18.0 Å². The average Bonchev–Trinajstić information content (AvgIpc) is 3.50. The minimum Gasteiger partial charge on any atom is -0.375 e. The van der Waals surface area contributed by atoms with E-state index < -0.39 is 17.5 Å². The highest BCUT2D eigenvalue weighted by molar-refractivity contribution is 5.98. The van der Waals surface area contributed by atoms with Gasteiger partial charge in [-0.1, -0.05) is 17.3 Å². The lowest BCUT2D eigenvalue weighted by atomic mass is 9.98. The third kappa shape index (κ3) is 6.59. The first kappa shape index (κ1) is 29.0. The van der Waals surface area contributed by atoms with Crippen LogP contribution in [-0.2, 0) is 19.6 Å². The lowest BCUT2D eigenvalue weighted by molar-refractivity contribution is -0.137. The molecule has 2 aromatic heterocycles. The fourth-order valence-corrected chi connectivity index (χ4v) is 4.46. The normalized spacial score (nSPS) is 11.8. The van der Waals surface area contributed by atoms with Crippen LogP contribution >= 0.6 is 0 Å². The summed E-state index contributed by atoms with van der Waals surface area (Å²) in [7, 11) is 7.48. The van der Waals surface area contributed by atoms with E-state index in [2.05, 4.69) is 15.4 Å². The molecule has 0 amide bonds. The molecular weight excluding hydrogens is 519 g/mol. The van der Waals surface area contributed by atoms with Crippen molar-refractivity contribution in [3.63, 3.8) is 0 Å². The molecule has 0 bridgehead atoms. The molecule has 40 heavy (non-hydrogen) atoms. The Bertz CT molecular complexity index is 1500. The SMILES string of the molecule is Cc1ccc(CC(=O)c2cc(N(C)CCCN(C)C)cc(C(F)(F)F)c2)cc1-n1cc(-c2cnn(C)c2C)nn1. The Hall–Kier alpha value is -3.99. The maximum Gasteiger partial charge on any atom is 0.416 e. The van der Waals surface area contributed by atoms with Crippen molar-refractivity contribution in [3.05, 3.63) is 76.7 Å². The van der Waals surface area contributed by atoms with Gasteiger partial charge in [0.25, 0.3) is 0 Å². The molecule has 11 heteroatoms. The first-order valence-corrected chi connectivity index (χ1v) is 13.0. The summed E-state index contributed by atoms with van der Waals surface area (Å²) in [6, 6.07) is 9.08. The first-order valence-electron chi connectivity index (χ1n) is 13.0. The van der Waals surface area contributed by atoms with Crippen molar-refractivity contribution in [3.8, 4) is 16.9 Å². The van der Waals surface area contributed by atoms with Gasteiger partial charge in [0.05, 0.1) is 23.6 Å². The minimum atomic E-state index is -4.57. The summed E-state index contributed by atoms with van der Waals surface area (Å²) in [5.41, 5.74) is 4.35. The van der Waals surface area contributed by atoms with Gasteiger partial charge in [0.2, 0.25) is 0 Å². The van der Waals surface area contributed by atoms with Gasteiger partial charge in [0.15, 0.2) is 5.78 Å². The van der Waals surface area contributed by atoms with E-state index in [0.717, 1.165) is 47.6 Å². The molecule has 4 rings (SSSR count). The predicted molar refractivity (Wildman–Crippen MR) is 149 cm³/mol. The highest BCUT2D eigenvalue weighted by Gasteiger charge is 2.32. The predicted octanol–water partition coefficient (Wildman–Crippen LogP) is 5.12. The molecule has 0 saturated carbocycles. The molecule has 212 valence electrons. The van der Waals surface area contributed by atoms with Crippen molar-refractivity contribution in [2.45, 2.75) is 32.9 Å². The van der Waals surface area contributed by atoms with Crippen LogP contribution in [0.4, 0.5) is 18.9 Å². The Balaban J connectivity index is 1.59. The second-order valence-electron chi connectivity index (χ2n) is 10.4. The van der Waals surface area contributed by atoms with Gasteiger partial charge in [0.1, 0.15) is 5.69 Å². The number of halogens is 3.